The number of anilines is 6. The molecule has 0 bridgehead atoms. The summed E-state index contributed by atoms with van der Waals surface area (Å²) >= 11 is 3.56. The van der Waals surface area contributed by atoms with Crippen LogP contribution in [-0.4, -0.2) is 84.9 Å². The Hall–Kier alpha value is -5.11. The highest BCUT2D eigenvalue weighted by Gasteiger charge is 2.28. The van der Waals surface area contributed by atoms with Gasteiger partial charge in [0.15, 0.2) is 0 Å². The van der Waals surface area contributed by atoms with Gasteiger partial charge in [-0.05, 0) is 116 Å². The van der Waals surface area contributed by atoms with Crippen molar-refractivity contribution in [2.24, 2.45) is 5.92 Å². The summed E-state index contributed by atoms with van der Waals surface area (Å²) in [5, 5.41) is 16.9. The predicted octanol–water partition coefficient (Wildman–Crippen LogP) is 7.06. The minimum Gasteiger partial charge on any atom is -0.494 e. The predicted molar refractivity (Wildman–Crippen MR) is 235 cm³/mol. The number of rotatable bonds is 15. The zero-order valence-electron chi connectivity index (χ0n) is 33.3. The molecule has 2 aromatic heterocycles. The smallest absolute Gasteiger partial charge is 0.234 e. The molecule has 0 spiro atoms. The first kappa shape index (κ1) is 41.1. The average molecular weight is 870 g/mol. The van der Waals surface area contributed by atoms with E-state index in [-0.39, 0.29) is 17.7 Å². The largest absolute Gasteiger partial charge is 0.494 e. The van der Waals surface area contributed by atoms with Crippen molar-refractivity contribution in [1.82, 2.24) is 30.6 Å². The van der Waals surface area contributed by atoms with Crippen LogP contribution in [0.2, 0.25) is 0 Å². The number of methoxy groups -OCH3 is 1. The normalized spacial score (nSPS) is 16.3. The number of amides is 2. The van der Waals surface area contributed by atoms with E-state index >= 15 is 0 Å². The number of carbonyl (C=O) groups is 2. The van der Waals surface area contributed by atoms with Crippen LogP contribution in [0.3, 0.4) is 0 Å². The Morgan fingerprint density at radius 2 is 1.69 bits per heavy atom. The third-order valence-corrected chi connectivity index (χ3v) is 12.9. The molecule has 7 rings (SSSR count). The van der Waals surface area contributed by atoms with E-state index in [2.05, 4.69) is 74.5 Å². The van der Waals surface area contributed by atoms with Crippen molar-refractivity contribution < 1.29 is 18.9 Å². The molecule has 1 atom stereocenters. The van der Waals surface area contributed by atoms with Crippen LogP contribution in [0.4, 0.5) is 34.5 Å². The van der Waals surface area contributed by atoms with Gasteiger partial charge in [0.25, 0.3) is 0 Å². The number of aryl methyl sites for hydroxylation is 1. The van der Waals surface area contributed by atoms with Gasteiger partial charge in [0.05, 0.1) is 39.7 Å². The highest BCUT2D eigenvalue weighted by molar-refractivity contribution is 9.10. The number of hydrogen-bond acceptors (Lipinski definition) is 13. The molecule has 5 aromatic rings. The second kappa shape index (κ2) is 18.2. The van der Waals surface area contributed by atoms with E-state index in [0.717, 1.165) is 74.5 Å². The van der Waals surface area contributed by atoms with Gasteiger partial charge in [-0.1, -0.05) is 12.1 Å². The fraction of sp³-hybridized carbons (Fsp3) is 0.381. The maximum absolute atomic E-state index is 13.4. The minimum atomic E-state index is -2.76. The summed E-state index contributed by atoms with van der Waals surface area (Å²) in [4.78, 5) is 44.3. The number of fused-ring (bicyclic) bond motifs is 1. The number of benzene rings is 3. The monoisotopic (exact) mass is 868 g/mol. The molecule has 2 fully saturated rings. The van der Waals surface area contributed by atoms with E-state index in [1.54, 1.807) is 39.0 Å². The second-order valence-corrected chi connectivity index (χ2v) is 19.2. The second-order valence-electron chi connectivity index (χ2n) is 15.2. The van der Waals surface area contributed by atoms with Crippen LogP contribution in [-0.2, 0) is 14.2 Å². The molecule has 2 saturated heterocycles. The summed E-state index contributed by atoms with van der Waals surface area (Å²) in [6.45, 7) is 10.1. The molecule has 2 aliphatic rings. The fourth-order valence-electron chi connectivity index (χ4n) is 7.70. The van der Waals surface area contributed by atoms with Gasteiger partial charge in [-0.25, -0.2) is 4.98 Å². The molecule has 0 radical (unpaired) electrons. The van der Waals surface area contributed by atoms with Crippen molar-refractivity contribution in [3.8, 4) is 5.75 Å². The van der Waals surface area contributed by atoms with Crippen LogP contribution in [0.5, 0.6) is 5.75 Å². The van der Waals surface area contributed by atoms with Crippen molar-refractivity contribution in [2.75, 3.05) is 74.0 Å². The van der Waals surface area contributed by atoms with Gasteiger partial charge < -0.3 is 35.5 Å². The minimum absolute atomic E-state index is 0.183. The van der Waals surface area contributed by atoms with Crippen LogP contribution in [0, 0.1) is 12.8 Å². The van der Waals surface area contributed by atoms with Crippen LogP contribution < -0.4 is 41.5 Å². The van der Waals surface area contributed by atoms with E-state index in [9.17, 15) is 14.2 Å². The number of carbonyl (C=O) groups excluding carboxylic acids is 2. The zero-order chi connectivity index (χ0) is 40.8. The molecule has 2 aliphatic heterocycles. The van der Waals surface area contributed by atoms with Crippen molar-refractivity contribution in [3.63, 3.8) is 0 Å². The van der Waals surface area contributed by atoms with E-state index in [0.29, 0.717) is 62.8 Å². The van der Waals surface area contributed by atoms with Crippen LogP contribution in [0.15, 0.2) is 71.6 Å². The number of aromatic nitrogens is 4. The van der Waals surface area contributed by atoms with E-state index < -0.39 is 7.14 Å². The molecule has 16 heteroatoms. The van der Waals surface area contributed by atoms with Gasteiger partial charge in [-0.2, -0.15) is 4.98 Å². The van der Waals surface area contributed by atoms with Gasteiger partial charge in [0.2, 0.25) is 17.8 Å². The molecule has 14 nitrogen and oxygen atoms in total. The standard InChI is InChI=1S/C42H50BrN10O4P/c1-26-23-35(50-42-48-25-31(43)40(52-42)49-33-11-10-32-38(47-20-19-45-32)39(33)58(3,4)56)36(57-2)24-34(26)46-18-17-44-16-13-27-14-21-53(22-15-27)29-7-5-28(6-8-29)30-9-12-37(54)51-41(30)55/h5-8,10-11,19-20,23-25,27,30,44,46H,9,12-18,21-22H2,1-4H3,(H,51,54,55)(H2,48,49,50,52). The van der Waals surface area contributed by atoms with Gasteiger partial charge >= 0.3 is 0 Å². The topological polar surface area (TPSA) is 175 Å². The highest BCUT2D eigenvalue weighted by Crippen LogP contribution is 2.41. The molecular weight excluding hydrogens is 819 g/mol. The molecule has 4 heterocycles. The Morgan fingerprint density at radius 3 is 2.43 bits per heavy atom. The molecular formula is C42H50BrN10O4P. The number of nitrogens with zero attached hydrogens (tertiary/aromatic N) is 5. The third kappa shape index (κ3) is 9.77. The van der Waals surface area contributed by atoms with Gasteiger partial charge in [0, 0.05) is 68.6 Å². The molecule has 2 amide bonds. The maximum Gasteiger partial charge on any atom is 0.234 e. The Morgan fingerprint density at radius 1 is 0.914 bits per heavy atom. The summed E-state index contributed by atoms with van der Waals surface area (Å²) in [6.07, 6.45) is 9.29. The average Bonchev–Trinajstić information content (AvgIpc) is 3.21. The lowest BCUT2D eigenvalue weighted by Crippen LogP contribution is -2.39. The van der Waals surface area contributed by atoms with Crippen molar-refractivity contribution in [3.05, 3.63) is 82.7 Å². The number of piperidine rings is 2. The third-order valence-electron chi connectivity index (χ3n) is 10.8. The number of hydrogen-bond donors (Lipinski definition) is 5. The molecule has 58 heavy (non-hydrogen) atoms. The van der Waals surface area contributed by atoms with E-state index in [4.69, 9.17) is 9.72 Å². The van der Waals surface area contributed by atoms with Crippen LogP contribution >= 0.6 is 23.1 Å². The summed E-state index contributed by atoms with van der Waals surface area (Å²) in [6, 6.07) is 16.0. The molecule has 0 aliphatic carbocycles. The van der Waals surface area contributed by atoms with Crippen molar-refractivity contribution in [2.45, 2.75) is 44.9 Å². The molecule has 3 aromatic carbocycles. The molecule has 1 unspecified atom stereocenters. The zero-order valence-corrected chi connectivity index (χ0v) is 35.8. The van der Waals surface area contributed by atoms with Gasteiger partial charge in [-0.15, -0.1) is 0 Å². The molecule has 0 saturated carbocycles. The summed E-state index contributed by atoms with van der Waals surface area (Å²) in [5.74, 6) is 1.57. The first-order chi connectivity index (χ1) is 28.0. The first-order valence-corrected chi connectivity index (χ1v) is 23.0. The lowest BCUT2D eigenvalue weighted by molar-refractivity contribution is -0.134. The Labute approximate surface area is 347 Å². The van der Waals surface area contributed by atoms with Gasteiger partial charge in [0.1, 0.15) is 24.2 Å². The lowest BCUT2D eigenvalue weighted by Gasteiger charge is -2.34. The SMILES string of the molecule is COc1cc(NCCNCCC2CCN(c3ccc(C4CCC(=O)NC4=O)cc3)CC2)c(C)cc1Nc1ncc(Br)c(Nc2ccc3nccnc3c2P(C)(C)=O)n1. The Balaban J connectivity index is 0.874. The first-order valence-electron chi connectivity index (χ1n) is 19.6. The number of ether oxygens (including phenoxy) is 1. The van der Waals surface area contributed by atoms with Crippen LogP contribution in [0.25, 0.3) is 11.0 Å². The van der Waals surface area contributed by atoms with Gasteiger partial charge in [-0.3, -0.25) is 24.9 Å². The molecule has 5 N–H and O–H groups in total. The Kier molecular flexibility index (Phi) is 12.9. The van der Waals surface area contributed by atoms with Crippen LogP contribution in [0.1, 0.15) is 49.1 Å². The summed E-state index contributed by atoms with van der Waals surface area (Å²) < 4.78 is 19.8. The maximum atomic E-state index is 13.4. The molecule has 304 valence electrons. The fourth-order valence-corrected chi connectivity index (χ4v) is 9.38. The van der Waals surface area contributed by atoms with Crippen molar-refractivity contribution in [1.29, 1.82) is 0 Å². The number of halogens is 1. The lowest BCUT2D eigenvalue weighted by atomic mass is 9.90. The number of imide groups is 1. The van der Waals surface area contributed by atoms with E-state index in [1.165, 1.54) is 5.69 Å². The summed E-state index contributed by atoms with van der Waals surface area (Å²) in [5.41, 5.74) is 6.81. The Bertz CT molecular complexity index is 2330. The summed E-state index contributed by atoms with van der Waals surface area (Å²) in [7, 11) is -1.12. The highest BCUT2D eigenvalue weighted by atomic mass is 79.9. The van der Waals surface area contributed by atoms with Crippen molar-refractivity contribution >= 4 is 85.7 Å². The number of nitrogens with one attached hydrogen (secondary N) is 5. The quantitative estimate of drug-likeness (QED) is 0.0411. The van der Waals surface area contributed by atoms with E-state index in [1.807, 2.05) is 43.3 Å².